The second-order valence-electron chi connectivity index (χ2n) is 24.1. The summed E-state index contributed by atoms with van der Waals surface area (Å²) in [4.78, 5) is 35.4. The molecule has 0 aromatic heterocycles. The molecule has 2 unspecified atom stereocenters. The minimum atomic E-state index is -4.40. The van der Waals surface area contributed by atoms with Gasteiger partial charge in [-0.1, -0.05) is 350 Å². The molecule has 0 fully saturated rings. The van der Waals surface area contributed by atoms with E-state index in [1.807, 2.05) is 0 Å². The van der Waals surface area contributed by atoms with Gasteiger partial charge in [0.1, 0.15) is 6.61 Å². The molecule has 0 aromatic rings. The molecule has 0 saturated heterocycles. The van der Waals surface area contributed by atoms with E-state index in [-0.39, 0.29) is 38.6 Å². The van der Waals surface area contributed by atoms with E-state index in [2.05, 4.69) is 86.8 Å². The zero-order chi connectivity index (χ0) is 60.9. The van der Waals surface area contributed by atoms with Gasteiger partial charge in [0, 0.05) is 19.4 Å². The van der Waals surface area contributed by atoms with Crippen molar-refractivity contribution in [1.29, 1.82) is 0 Å². The average Bonchev–Trinajstić information content (AvgIpc) is 3.58. The standard InChI is InChI=1S/C74H136NO8P/c1-3-5-7-9-11-13-15-17-19-21-23-25-27-29-31-33-34-35-36-37-39-40-42-44-46-48-50-52-54-56-58-60-62-64-66-73(76)80-70-72(71-82-84(78,79)81-69-68-75)83-74(77)67-65-63-61-59-57-55-53-51-49-47-45-43-41-38-32-30-28-26-24-22-20-18-16-14-12-10-8-6-4-2/h6,8,12,14,18,20,24,26,30,32,41,43,72H,3-5,7,9-11,13,15-17,19,21-23,25,27-29,31,33-40,42,44-71,75H2,1-2H3,(H,78,79)/b8-6-,14-12-,20-18-,26-24-,32-30-,43-41-. The van der Waals surface area contributed by atoms with E-state index in [0.717, 1.165) is 83.5 Å². The van der Waals surface area contributed by atoms with Gasteiger partial charge in [-0.25, -0.2) is 4.57 Å². The Morgan fingerprint density at radius 3 is 0.976 bits per heavy atom. The molecule has 0 bridgehead atoms. The molecule has 0 heterocycles. The molecule has 0 spiro atoms. The van der Waals surface area contributed by atoms with Crippen LogP contribution < -0.4 is 5.73 Å². The van der Waals surface area contributed by atoms with E-state index in [4.69, 9.17) is 24.3 Å². The molecular weight excluding hydrogens is 1060 g/mol. The van der Waals surface area contributed by atoms with E-state index in [1.165, 1.54) is 238 Å². The quantitative estimate of drug-likeness (QED) is 0.0264. The van der Waals surface area contributed by atoms with Crippen molar-refractivity contribution in [3.63, 3.8) is 0 Å². The normalized spacial score (nSPS) is 13.3. The molecular formula is C74H136NO8P. The van der Waals surface area contributed by atoms with Crippen LogP contribution in [0.2, 0.25) is 0 Å². The van der Waals surface area contributed by atoms with Crippen LogP contribution in [-0.4, -0.2) is 49.3 Å². The van der Waals surface area contributed by atoms with Crippen LogP contribution in [0.1, 0.15) is 354 Å². The van der Waals surface area contributed by atoms with Crippen LogP contribution in [0, 0.1) is 0 Å². The van der Waals surface area contributed by atoms with Crippen molar-refractivity contribution in [1.82, 2.24) is 0 Å². The lowest BCUT2D eigenvalue weighted by atomic mass is 10.0. The van der Waals surface area contributed by atoms with Crippen LogP contribution in [0.4, 0.5) is 0 Å². The molecule has 0 aliphatic carbocycles. The summed E-state index contributed by atoms with van der Waals surface area (Å²) in [6.45, 7) is 3.68. The molecule has 9 nitrogen and oxygen atoms in total. The summed E-state index contributed by atoms with van der Waals surface area (Å²) in [7, 11) is -4.40. The van der Waals surface area contributed by atoms with Crippen molar-refractivity contribution < 1.29 is 37.6 Å². The number of ether oxygens (including phenoxy) is 2. The van der Waals surface area contributed by atoms with E-state index in [0.29, 0.717) is 6.42 Å². The number of phosphoric ester groups is 1. The summed E-state index contributed by atoms with van der Waals surface area (Å²) in [5.74, 6) is -0.819. The highest BCUT2D eigenvalue weighted by atomic mass is 31.2. The van der Waals surface area contributed by atoms with Gasteiger partial charge >= 0.3 is 19.8 Å². The Labute approximate surface area is 520 Å². The predicted octanol–water partition coefficient (Wildman–Crippen LogP) is 23.6. The first kappa shape index (κ1) is 81.5. The number of carbonyl (C=O) groups excluding carboxylic acids is 2. The minimum Gasteiger partial charge on any atom is -0.462 e. The van der Waals surface area contributed by atoms with Gasteiger partial charge in [0.15, 0.2) is 6.10 Å². The number of unbranched alkanes of at least 4 members (excludes halogenated alkanes) is 43. The van der Waals surface area contributed by atoms with Crippen LogP contribution in [0.3, 0.4) is 0 Å². The summed E-state index contributed by atoms with van der Waals surface area (Å²) in [5, 5.41) is 0. The molecule has 3 N–H and O–H groups in total. The Morgan fingerprint density at radius 2 is 0.655 bits per heavy atom. The van der Waals surface area contributed by atoms with Crippen molar-refractivity contribution in [2.75, 3.05) is 26.4 Å². The molecule has 490 valence electrons. The number of carbonyl (C=O) groups is 2. The van der Waals surface area contributed by atoms with Crippen LogP contribution in [0.5, 0.6) is 0 Å². The van der Waals surface area contributed by atoms with Gasteiger partial charge in [0.25, 0.3) is 0 Å². The monoisotopic (exact) mass is 1200 g/mol. The van der Waals surface area contributed by atoms with E-state index in [1.54, 1.807) is 0 Å². The second-order valence-corrected chi connectivity index (χ2v) is 25.5. The average molecular weight is 1200 g/mol. The van der Waals surface area contributed by atoms with E-state index in [9.17, 15) is 19.0 Å². The Kier molecular flexibility index (Phi) is 67.4. The molecule has 0 amide bonds. The third-order valence-electron chi connectivity index (χ3n) is 15.9. The minimum absolute atomic E-state index is 0.0516. The lowest BCUT2D eigenvalue weighted by molar-refractivity contribution is -0.161. The predicted molar refractivity (Wildman–Crippen MR) is 363 cm³/mol. The first-order valence-corrected chi connectivity index (χ1v) is 37.4. The van der Waals surface area contributed by atoms with E-state index >= 15 is 0 Å². The Hall–Kier alpha value is -2.55. The maximum Gasteiger partial charge on any atom is 0.472 e. The largest absolute Gasteiger partial charge is 0.472 e. The Bertz CT molecular complexity index is 1610. The summed E-state index contributed by atoms with van der Waals surface area (Å²) in [6.07, 6.45) is 91.5. The Balaban J connectivity index is 3.84. The molecule has 0 aliphatic heterocycles. The molecule has 84 heavy (non-hydrogen) atoms. The number of nitrogens with two attached hydrogens (primary N) is 1. The summed E-state index contributed by atoms with van der Waals surface area (Å²) >= 11 is 0. The zero-order valence-electron chi connectivity index (χ0n) is 55.1. The van der Waals surface area contributed by atoms with Gasteiger partial charge in [-0.2, -0.15) is 0 Å². The third-order valence-corrected chi connectivity index (χ3v) is 16.8. The summed E-state index contributed by atoms with van der Waals surface area (Å²) < 4.78 is 33.2. The number of rotatable bonds is 68. The van der Waals surface area contributed by atoms with Crippen LogP contribution in [0.25, 0.3) is 0 Å². The zero-order valence-corrected chi connectivity index (χ0v) is 56.0. The highest BCUT2D eigenvalue weighted by molar-refractivity contribution is 7.47. The van der Waals surface area contributed by atoms with Crippen LogP contribution in [0.15, 0.2) is 72.9 Å². The van der Waals surface area contributed by atoms with Crippen molar-refractivity contribution in [3.8, 4) is 0 Å². The molecule has 0 aromatic carbocycles. The van der Waals surface area contributed by atoms with E-state index < -0.39 is 26.5 Å². The smallest absolute Gasteiger partial charge is 0.462 e. The number of esters is 2. The highest BCUT2D eigenvalue weighted by Crippen LogP contribution is 2.43. The lowest BCUT2D eigenvalue weighted by Crippen LogP contribution is -2.29. The van der Waals surface area contributed by atoms with Gasteiger partial charge in [-0.15, -0.1) is 0 Å². The highest BCUT2D eigenvalue weighted by Gasteiger charge is 2.26. The second kappa shape index (κ2) is 69.5. The SMILES string of the molecule is CC/C=C\C/C=C\C/C=C\C/C=C\C/C=C\C/C=C\CCCCCCCCCCCCC(=O)OC(COC(=O)CCCCCCCCCCCCCCCCCCCCCCCCCCCCCCCCCCCC)COP(=O)(O)OCCN. The van der Waals surface area contributed by atoms with Crippen molar-refractivity contribution in [2.45, 2.75) is 360 Å². The number of allylic oxidation sites excluding steroid dienone is 12. The van der Waals surface area contributed by atoms with Crippen LogP contribution in [-0.2, 0) is 32.7 Å². The molecule has 10 heteroatoms. The molecule has 0 rings (SSSR count). The molecule has 0 radical (unpaired) electrons. The molecule has 0 aliphatic rings. The fraction of sp³-hybridized carbons (Fsp3) is 0.811. The molecule has 2 atom stereocenters. The Morgan fingerprint density at radius 1 is 0.369 bits per heavy atom. The van der Waals surface area contributed by atoms with Crippen molar-refractivity contribution in [2.24, 2.45) is 5.73 Å². The first-order chi connectivity index (χ1) is 41.3. The van der Waals surface area contributed by atoms with Crippen molar-refractivity contribution >= 4 is 19.8 Å². The topological polar surface area (TPSA) is 134 Å². The van der Waals surface area contributed by atoms with Gasteiger partial charge in [0.05, 0.1) is 13.2 Å². The first-order valence-electron chi connectivity index (χ1n) is 35.9. The van der Waals surface area contributed by atoms with Gasteiger partial charge < -0.3 is 20.1 Å². The van der Waals surface area contributed by atoms with Gasteiger partial charge in [0.2, 0.25) is 0 Å². The summed E-state index contributed by atoms with van der Waals surface area (Å²) in [6, 6.07) is 0. The van der Waals surface area contributed by atoms with Gasteiger partial charge in [-0.05, 0) is 64.2 Å². The fourth-order valence-electron chi connectivity index (χ4n) is 10.6. The number of hydrogen-bond acceptors (Lipinski definition) is 8. The maximum absolute atomic E-state index is 12.8. The fourth-order valence-corrected chi connectivity index (χ4v) is 11.4. The lowest BCUT2D eigenvalue weighted by Gasteiger charge is -2.19. The maximum atomic E-state index is 12.8. The molecule has 0 saturated carbocycles. The third kappa shape index (κ3) is 68.6. The number of phosphoric acid groups is 1. The summed E-state index contributed by atoms with van der Waals surface area (Å²) in [5.41, 5.74) is 5.40. The van der Waals surface area contributed by atoms with Crippen molar-refractivity contribution in [3.05, 3.63) is 72.9 Å². The van der Waals surface area contributed by atoms with Crippen LogP contribution >= 0.6 is 7.82 Å². The number of hydrogen-bond donors (Lipinski definition) is 2. The van der Waals surface area contributed by atoms with Gasteiger partial charge in [-0.3, -0.25) is 18.6 Å².